The molecule has 3 heterocycles. The summed E-state index contributed by atoms with van der Waals surface area (Å²) >= 11 is 0.636. The number of piperidine rings is 1. The molecule has 4 N–H and O–H groups in total. The van der Waals surface area contributed by atoms with Gasteiger partial charge >= 0.3 is 0 Å². The summed E-state index contributed by atoms with van der Waals surface area (Å²) in [7, 11) is -4.13. The molecule has 13 heteroatoms. The second kappa shape index (κ2) is 7.95. The average Bonchev–Trinajstić information content (AvgIpc) is 3.28. The zero-order valence-corrected chi connectivity index (χ0v) is 18.8. The number of amides is 2. The maximum Gasteiger partial charge on any atom is 0.276 e. The van der Waals surface area contributed by atoms with E-state index >= 15 is 0 Å². The third-order valence-corrected chi connectivity index (χ3v) is 8.27. The Morgan fingerprint density at radius 1 is 1.26 bits per heavy atom. The summed E-state index contributed by atoms with van der Waals surface area (Å²) in [4.78, 5) is 24.4. The van der Waals surface area contributed by atoms with Crippen molar-refractivity contribution in [2.24, 2.45) is 5.73 Å². The molecule has 1 saturated heterocycles. The number of aromatic amines is 1. The Balaban J connectivity index is 1.86. The average molecular weight is 476 g/mol. The standard InChI is InChI=1S/C18H23F2N5O4S2/c1-17(2,3)12-9-11(23-24-12)15(27)22-16-10(14(21)26)8-13(30-16)31(28,29)25-6-4-18(19,20)5-7-25/h8-9H,4-7H2,1-3H3,(H2,21,26)(H,22,27)(H,23,24). The predicted molar refractivity (Wildman–Crippen MR) is 111 cm³/mol. The van der Waals surface area contributed by atoms with Gasteiger partial charge in [0.25, 0.3) is 27.8 Å². The van der Waals surface area contributed by atoms with Crippen LogP contribution in [0.25, 0.3) is 0 Å². The lowest BCUT2D eigenvalue weighted by atomic mass is 9.92. The van der Waals surface area contributed by atoms with Crippen LogP contribution in [0.1, 0.15) is 60.2 Å². The molecule has 1 aliphatic rings. The molecule has 0 saturated carbocycles. The van der Waals surface area contributed by atoms with Crippen molar-refractivity contribution in [3.63, 3.8) is 0 Å². The predicted octanol–water partition coefficient (Wildman–Crippen LogP) is 2.54. The van der Waals surface area contributed by atoms with E-state index in [0.717, 1.165) is 10.4 Å². The van der Waals surface area contributed by atoms with Crippen LogP contribution in [0.3, 0.4) is 0 Å². The quantitative estimate of drug-likeness (QED) is 0.610. The maximum absolute atomic E-state index is 13.4. The molecule has 0 radical (unpaired) electrons. The van der Waals surface area contributed by atoms with E-state index in [0.29, 0.717) is 17.0 Å². The zero-order valence-electron chi connectivity index (χ0n) is 17.2. The van der Waals surface area contributed by atoms with Gasteiger partial charge in [0.05, 0.1) is 5.56 Å². The zero-order chi connectivity index (χ0) is 23.2. The van der Waals surface area contributed by atoms with Gasteiger partial charge in [0.2, 0.25) is 0 Å². The largest absolute Gasteiger partial charge is 0.366 e. The van der Waals surface area contributed by atoms with Gasteiger partial charge < -0.3 is 11.1 Å². The molecule has 0 unspecified atom stereocenters. The molecule has 0 aliphatic carbocycles. The minimum absolute atomic E-state index is 0.0522. The summed E-state index contributed by atoms with van der Waals surface area (Å²) in [6.45, 7) is 5.11. The highest BCUT2D eigenvalue weighted by molar-refractivity contribution is 7.91. The fourth-order valence-corrected chi connectivity index (χ4v) is 5.90. The molecule has 1 aliphatic heterocycles. The third-order valence-electron chi connectivity index (χ3n) is 4.87. The van der Waals surface area contributed by atoms with Crippen LogP contribution in [0, 0.1) is 0 Å². The number of nitrogens with zero attached hydrogens (tertiary/aromatic N) is 2. The molecular weight excluding hydrogens is 452 g/mol. The molecule has 0 atom stereocenters. The minimum Gasteiger partial charge on any atom is -0.366 e. The van der Waals surface area contributed by atoms with Gasteiger partial charge in [0.1, 0.15) is 9.21 Å². The second-order valence-corrected chi connectivity index (χ2v) is 11.5. The topological polar surface area (TPSA) is 138 Å². The van der Waals surface area contributed by atoms with E-state index in [1.807, 2.05) is 20.8 Å². The maximum atomic E-state index is 13.4. The van der Waals surface area contributed by atoms with Crippen LogP contribution in [0.5, 0.6) is 0 Å². The monoisotopic (exact) mass is 475 g/mol. The summed E-state index contributed by atoms with van der Waals surface area (Å²) in [5.74, 6) is -4.50. The Morgan fingerprint density at radius 2 is 1.87 bits per heavy atom. The van der Waals surface area contributed by atoms with Crippen LogP contribution in [0.4, 0.5) is 13.8 Å². The number of carbonyl (C=O) groups excluding carboxylic acids is 2. The molecule has 31 heavy (non-hydrogen) atoms. The summed E-state index contributed by atoms with van der Waals surface area (Å²) in [5.41, 5.74) is 5.64. The Hall–Kier alpha value is -2.38. The normalized spacial score (nSPS) is 17.5. The molecule has 3 rings (SSSR count). The highest BCUT2D eigenvalue weighted by Crippen LogP contribution is 2.36. The first-order chi connectivity index (χ1) is 14.2. The first-order valence-electron chi connectivity index (χ1n) is 9.39. The summed E-state index contributed by atoms with van der Waals surface area (Å²) in [6.07, 6.45) is -1.17. The number of thiophene rings is 1. The van der Waals surface area contributed by atoms with Gasteiger partial charge in [-0.1, -0.05) is 20.8 Å². The number of halogens is 2. The van der Waals surface area contributed by atoms with Crippen molar-refractivity contribution in [3.05, 3.63) is 29.1 Å². The third kappa shape index (κ3) is 4.93. The van der Waals surface area contributed by atoms with Gasteiger partial charge in [-0.25, -0.2) is 17.2 Å². The lowest BCUT2D eigenvalue weighted by molar-refractivity contribution is -0.0411. The molecule has 0 spiro atoms. The number of hydrogen-bond acceptors (Lipinski definition) is 6. The number of nitrogens with one attached hydrogen (secondary N) is 2. The van der Waals surface area contributed by atoms with Crippen molar-refractivity contribution in [1.29, 1.82) is 0 Å². The van der Waals surface area contributed by atoms with E-state index in [2.05, 4.69) is 15.5 Å². The van der Waals surface area contributed by atoms with Gasteiger partial charge in [0.15, 0.2) is 5.69 Å². The highest BCUT2D eigenvalue weighted by Gasteiger charge is 2.39. The van der Waals surface area contributed by atoms with Gasteiger partial charge in [-0.3, -0.25) is 14.7 Å². The van der Waals surface area contributed by atoms with Crippen LogP contribution < -0.4 is 11.1 Å². The Kier molecular flexibility index (Phi) is 5.97. The molecule has 2 aromatic heterocycles. The number of hydrogen-bond donors (Lipinski definition) is 3. The fraction of sp³-hybridized carbons (Fsp3) is 0.500. The van der Waals surface area contributed by atoms with E-state index in [4.69, 9.17) is 5.73 Å². The van der Waals surface area contributed by atoms with Gasteiger partial charge in [0, 0.05) is 37.0 Å². The van der Waals surface area contributed by atoms with Crippen LogP contribution in [0.2, 0.25) is 0 Å². The number of carbonyl (C=O) groups is 2. The number of alkyl halides is 2. The first kappa shape index (κ1) is 23.3. The molecule has 2 amide bonds. The van der Waals surface area contributed by atoms with Crippen LogP contribution >= 0.6 is 11.3 Å². The molecule has 170 valence electrons. The smallest absolute Gasteiger partial charge is 0.276 e. The van der Waals surface area contributed by atoms with Crippen LogP contribution in [-0.4, -0.2) is 53.7 Å². The molecule has 0 aromatic carbocycles. The van der Waals surface area contributed by atoms with Crippen molar-refractivity contribution in [3.8, 4) is 0 Å². The Morgan fingerprint density at radius 3 is 2.39 bits per heavy atom. The van der Waals surface area contributed by atoms with E-state index in [9.17, 15) is 26.8 Å². The molecule has 9 nitrogen and oxygen atoms in total. The van der Waals surface area contributed by atoms with E-state index in [1.54, 1.807) is 6.07 Å². The number of anilines is 1. The summed E-state index contributed by atoms with van der Waals surface area (Å²) < 4.78 is 53.2. The number of nitrogens with two attached hydrogens (primary N) is 1. The van der Waals surface area contributed by atoms with Crippen molar-refractivity contribution in [2.75, 3.05) is 18.4 Å². The van der Waals surface area contributed by atoms with Crippen molar-refractivity contribution in [1.82, 2.24) is 14.5 Å². The molecule has 1 fully saturated rings. The Bertz CT molecular complexity index is 1110. The van der Waals surface area contributed by atoms with Gasteiger partial charge in [-0.2, -0.15) is 9.40 Å². The van der Waals surface area contributed by atoms with Gasteiger partial charge in [-0.15, -0.1) is 11.3 Å². The lowest BCUT2D eigenvalue weighted by Crippen LogP contribution is -2.42. The number of aromatic nitrogens is 2. The minimum atomic E-state index is -4.13. The fourth-order valence-electron chi connectivity index (χ4n) is 2.94. The van der Waals surface area contributed by atoms with E-state index < -0.39 is 40.6 Å². The second-order valence-electron chi connectivity index (χ2n) is 8.30. The molecular formula is C18H23F2N5O4S2. The number of sulfonamides is 1. The van der Waals surface area contributed by atoms with E-state index in [1.165, 1.54) is 0 Å². The SMILES string of the molecule is CC(C)(C)c1cc(C(=O)Nc2sc(S(=O)(=O)N3CCC(F)(F)CC3)cc2C(N)=O)n[nH]1. The summed E-state index contributed by atoms with van der Waals surface area (Å²) in [6, 6.07) is 2.61. The summed E-state index contributed by atoms with van der Waals surface area (Å²) in [5, 5.41) is 9.13. The van der Waals surface area contributed by atoms with Gasteiger partial charge in [-0.05, 0) is 12.1 Å². The van der Waals surface area contributed by atoms with Crippen molar-refractivity contribution in [2.45, 2.75) is 49.2 Å². The number of rotatable bonds is 5. The number of H-pyrrole nitrogens is 1. The number of primary amides is 1. The van der Waals surface area contributed by atoms with Crippen molar-refractivity contribution >= 4 is 38.2 Å². The molecule has 2 aromatic rings. The van der Waals surface area contributed by atoms with Crippen molar-refractivity contribution < 1.29 is 26.8 Å². The lowest BCUT2D eigenvalue weighted by Gasteiger charge is -2.30. The Labute approximate surface area is 182 Å². The van der Waals surface area contributed by atoms with Crippen LogP contribution in [-0.2, 0) is 15.4 Å². The first-order valence-corrected chi connectivity index (χ1v) is 11.7. The highest BCUT2D eigenvalue weighted by atomic mass is 32.2. The van der Waals surface area contributed by atoms with Crippen LogP contribution in [0.15, 0.2) is 16.3 Å². The van der Waals surface area contributed by atoms with E-state index in [-0.39, 0.29) is 39.0 Å². The molecule has 0 bridgehead atoms.